The summed E-state index contributed by atoms with van der Waals surface area (Å²) >= 11 is 1.11. The molecule has 0 spiro atoms. The number of fused-ring (bicyclic) bond motifs is 1. The number of hydrogen-bond acceptors (Lipinski definition) is 6. The van der Waals surface area contributed by atoms with Crippen LogP contribution < -0.4 is 9.64 Å². The van der Waals surface area contributed by atoms with Gasteiger partial charge in [-0.3, -0.25) is 9.69 Å². The number of hydrogen-bond donors (Lipinski definition) is 0. The number of ether oxygens (including phenoxy) is 1. The van der Waals surface area contributed by atoms with Gasteiger partial charge in [-0.15, -0.1) is 25.6 Å². The maximum absolute atomic E-state index is 12.8. The van der Waals surface area contributed by atoms with Crippen LogP contribution in [0.5, 0.6) is 5.75 Å². The maximum Gasteiger partial charge on any atom is 0.573 e. The highest BCUT2D eigenvalue weighted by Gasteiger charge is 2.31. The summed E-state index contributed by atoms with van der Waals surface area (Å²) < 4.78 is 46.8. The van der Waals surface area contributed by atoms with Gasteiger partial charge in [0, 0.05) is 19.2 Å². The van der Waals surface area contributed by atoms with E-state index in [1.807, 2.05) is 19.0 Å². The summed E-state index contributed by atoms with van der Waals surface area (Å²) in [6.07, 6.45) is -3.37. The summed E-state index contributed by atoms with van der Waals surface area (Å²) in [5.74, 6) is -0.538. The fourth-order valence-electron chi connectivity index (χ4n) is 2.32. The molecule has 0 aliphatic heterocycles. The zero-order valence-electron chi connectivity index (χ0n) is 14.9. The monoisotopic (exact) mass is 435 g/mol. The smallest absolute Gasteiger partial charge is 0.459 e. The number of alkyl halides is 3. The molecule has 2 heterocycles. The fourth-order valence-corrected chi connectivity index (χ4v) is 3.34. The molecule has 0 unspecified atom stereocenters. The summed E-state index contributed by atoms with van der Waals surface area (Å²) in [6.45, 7) is 0.920. The standard InChI is InChI=1S/C17H16F3N3O3S.ClH/c1-22(2)7-8-23(15(24)13-4-3-9-25-13)16-21-12-6-5-11(10-14(12)27-16)26-17(18,19)20;/h3-6,9-10H,7-8H2,1-2H3;1H. The third kappa shape index (κ3) is 5.37. The SMILES string of the molecule is CN(C)CCN(C(=O)c1ccco1)c1nc2ccc(OC(F)(F)F)cc2s1.Cl. The lowest BCUT2D eigenvalue weighted by molar-refractivity contribution is -0.274. The molecule has 2 aromatic heterocycles. The molecule has 28 heavy (non-hydrogen) atoms. The second-order valence-corrected chi connectivity index (χ2v) is 6.92. The van der Waals surface area contributed by atoms with Crippen LogP contribution in [0.2, 0.25) is 0 Å². The normalized spacial score (nSPS) is 11.5. The molecule has 0 saturated heterocycles. The van der Waals surface area contributed by atoms with Gasteiger partial charge in [0.05, 0.1) is 16.5 Å². The Kier molecular flexibility index (Phi) is 6.91. The van der Waals surface area contributed by atoms with E-state index in [-0.39, 0.29) is 29.8 Å². The number of anilines is 1. The van der Waals surface area contributed by atoms with E-state index in [2.05, 4.69) is 9.72 Å². The van der Waals surface area contributed by atoms with Crippen LogP contribution in [0.25, 0.3) is 10.2 Å². The van der Waals surface area contributed by atoms with Crippen molar-refractivity contribution in [3.8, 4) is 5.75 Å². The molecule has 0 fully saturated rings. The molecule has 11 heteroatoms. The molecule has 0 saturated carbocycles. The Morgan fingerprint density at radius 1 is 1.25 bits per heavy atom. The first-order valence-corrected chi connectivity index (χ1v) is 8.71. The minimum Gasteiger partial charge on any atom is -0.459 e. The second kappa shape index (κ2) is 8.80. The molecule has 3 rings (SSSR count). The number of likely N-dealkylation sites (N-methyl/N-ethyl adjacent to an activating group) is 1. The number of rotatable bonds is 6. The van der Waals surface area contributed by atoms with Crippen molar-refractivity contribution in [2.75, 3.05) is 32.1 Å². The minimum atomic E-state index is -4.77. The van der Waals surface area contributed by atoms with E-state index in [1.165, 1.54) is 29.4 Å². The van der Waals surface area contributed by atoms with Crippen LogP contribution in [0.15, 0.2) is 41.0 Å². The molecule has 0 radical (unpaired) electrons. The van der Waals surface area contributed by atoms with Crippen LogP contribution in [0, 0.1) is 0 Å². The predicted molar refractivity (Wildman–Crippen MR) is 102 cm³/mol. The Morgan fingerprint density at radius 3 is 2.61 bits per heavy atom. The van der Waals surface area contributed by atoms with Crippen molar-refractivity contribution in [3.05, 3.63) is 42.4 Å². The lowest BCUT2D eigenvalue weighted by atomic mass is 10.3. The van der Waals surface area contributed by atoms with Crippen molar-refractivity contribution in [1.82, 2.24) is 9.88 Å². The highest BCUT2D eigenvalue weighted by atomic mass is 35.5. The summed E-state index contributed by atoms with van der Waals surface area (Å²) in [7, 11) is 3.74. The molecule has 0 atom stereocenters. The fraction of sp³-hybridized carbons (Fsp3) is 0.294. The van der Waals surface area contributed by atoms with E-state index in [1.54, 1.807) is 12.1 Å². The maximum atomic E-state index is 12.8. The van der Waals surface area contributed by atoms with Crippen molar-refractivity contribution in [1.29, 1.82) is 0 Å². The molecule has 152 valence electrons. The Morgan fingerprint density at radius 2 is 2.00 bits per heavy atom. The number of carbonyl (C=O) groups is 1. The van der Waals surface area contributed by atoms with Crippen LogP contribution in [0.4, 0.5) is 18.3 Å². The van der Waals surface area contributed by atoms with E-state index in [4.69, 9.17) is 4.42 Å². The molecule has 0 bridgehead atoms. The van der Waals surface area contributed by atoms with E-state index in [9.17, 15) is 18.0 Å². The molecule has 1 aromatic carbocycles. The van der Waals surface area contributed by atoms with Crippen LogP contribution in [0.1, 0.15) is 10.6 Å². The van der Waals surface area contributed by atoms with Crippen LogP contribution in [-0.4, -0.2) is 49.3 Å². The van der Waals surface area contributed by atoms with E-state index in [0.717, 1.165) is 11.3 Å². The van der Waals surface area contributed by atoms with Crippen LogP contribution in [-0.2, 0) is 0 Å². The second-order valence-electron chi connectivity index (χ2n) is 5.91. The zero-order valence-corrected chi connectivity index (χ0v) is 16.5. The van der Waals surface area contributed by atoms with Crippen LogP contribution >= 0.6 is 23.7 Å². The molecule has 3 aromatic rings. The largest absolute Gasteiger partial charge is 0.573 e. The number of aromatic nitrogens is 1. The van der Waals surface area contributed by atoms with Gasteiger partial charge >= 0.3 is 6.36 Å². The van der Waals surface area contributed by atoms with E-state index in [0.29, 0.717) is 28.4 Å². The van der Waals surface area contributed by atoms with Crippen molar-refractivity contribution >= 4 is 45.0 Å². The lowest BCUT2D eigenvalue weighted by Gasteiger charge is -2.20. The highest BCUT2D eigenvalue weighted by molar-refractivity contribution is 7.22. The molecule has 6 nitrogen and oxygen atoms in total. The average molecular weight is 436 g/mol. The summed E-state index contributed by atoms with van der Waals surface area (Å²) in [6, 6.07) is 7.03. The number of carbonyl (C=O) groups excluding carboxylic acids is 1. The van der Waals surface area contributed by atoms with Gasteiger partial charge in [-0.05, 0) is 38.4 Å². The Hall–Kier alpha value is -2.30. The molecule has 0 N–H and O–H groups in total. The zero-order chi connectivity index (χ0) is 19.6. The minimum absolute atomic E-state index is 0. The van der Waals surface area contributed by atoms with Gasteiger partial charge in [-0.1, -0.05) is 11.3 Å². The van der Waals surface area contributed by atoms with Crippen molar-refractivity contribution in [2.24, 2.45) is 0 Å². The van der Waals surface area contributed by atoms with Crippen molar-refractivity contribution < 1.29 is 27.1 Å². The quantitative estimate of drug-likeness (QED) is 0.573. The van der Waals surface area contributed by atoms with Gasteiger partial charge in [-0.25, -0.2) is 4.98 Å². The first-order valence-electron chi connectivity index (χ1n) is 7.89. The average Bonchev–Trinajstić information content (AvgIpc) is 3.22. The summed E-state index contributed by atoms with van der Waals surface area (Å²) in [5, 5.41) is 0.373. The molecular weight excluding hydrogens is 419 g/mol. The number of furan rings is 1. The molecule has 1 amide bonds. The number of nitrogens with zero attached hydrogens (tertiary/aromatic N) is 3. The van der Waals surface area contributed by atoms with Crippen LogP contribution in [0.3, 0.4) is 0 Å². The first kappa shape index (κ1) is 22.0. The predicted octanol–water partition coefficient (Wildman–Crippen LogP) is 4.42. The van der Waals surface area contributed by atoms with Gasteiger partial charge in [0.1, 0.15) is 5.75 Å². The van der Waals surface area contributed by atoms with Gasteiger partial charge < -0.3 is 14.1 Å². The first-order chi connectivity index (χ1) is 12.7. The van der Waals surface area contributed by atoms with Crippen molar-refractivity contribution in [3.63, 3.8) is 0 Å². The van der Waals surface area contributed by atoms with E-state index < -0.39 is 6.36 Å². The van der Waals surface area contributed by atoms with Crippen molar-refractivity contribution in [2.45, 2.75) is 6.36 Å². The Labute approximate surface area is 168 Å². The van der Waals surface area contributed by atoms with E-state index >= 15 is 0 Å². The number of amides is 1. The van der Waals surface area contributed by atoms with Gasteiger partial charge in [0.15, 0.2) is 10.9 Å². The lowest BCUT2D eigenvalue weighted by Crippen LogP contribution is -2.36. The number of benzene rings is 1. The van der Waals surface area contributed by atoms with Gasteiger partial charge in [0.25, 0.3) is 5.91 Å². The van der Waals surface area contributed by atoms with Gasteiger partial charge in [0.2, 0.25) is 0 Å². The summed E-state index contributed by atoms with van der Waals surface area (Å²) in [4.78, 5) is 20.5. The topological polar surface area (TPSA) is 58.8 Å². The third-order valence-electron chi connectivity index (χ3n) is 3.56. The molecule has 0 aliphatic carbocycles. The van der Waals surface area contributed by atoms with Gasteiger partial charge in [-0.2, -0.15) is 0 Å². The Balaban J connectivity index is 0.00000280. The third-order valence-corrected chi connectivity index (χ3v) is 4.60. The number of thiazole rings is 1. The Bertz CT molecular complexity index is 929. The highest BCUT2D eigenvalue weighted by Crippen LogP contribution is 2.33. The number of halogens is 4. The summed E-state index contributed by atoms with van der Waals surface area (Å²) in [5.41, 5.74) is 0.478. The molecule has 0 aliphatic rings. The molecular formula is C17H17ClF3N3O3S.